The van der Waals surface area contributed by atoms with Crippen molar-refractivity contribution >= 4 is 11.6 Å². The molecular formula is C20H20N4O3. The van der Waals surface area contributed by atoms with Crippen LogP contribution in [0.3, 0.4) is 0 Å². The van der Waals surface area contributed by atoms with E-state index in [0.717, 1.165) is 11.1 Å². The standard InChI is InChI=1S/C20H20N4O3/c1-3-27-19-7-5-4-6-16(19)17-12-18(23-22-17)20(26)24-21-13(2)14-8-10-15(25)11-9-14/h4-12,21,25H,2-3H2,1H3,(H,22,23)(H,24,26). The number of carbonyl (C=O) groups is 1. The average Bonchev–Trinajstić information content (AvgIpc) is 3.17. The Morgan fingerprint density at radius 2 is 1.93 bits per heavy atom. The lowest BCUT2D eigenvalue weighted by molar-refractivity contribution is 0.0937. The van der Waals surface area contributed by atoms with E-state index in [1.54, 1.807) is 30.3 Å². The average molecular weight is 364 g/mol. The van der Waals surface area contributed by atoms with E-state index in [4.69, 9.17) is 4.74 Å². The maximum atomic E-state index is 12.3. The number of benzene rings is 2. The number of carbonyl (C=O) groups excluding carboxylic acids is 1. The van der Waals surface area contributed by atoms with Crippen molar-refractivity contribution in [3.63, 3.8) is 0 Å². The highest BCUT2D eigenvalue weighted by Gasteiger charge is 2.14. The van der Waals surface area contributed by atoms with Gasteiger partial charge in [0, 0.05) is 5.56 Å². The fourth-order valence-electron chi connectivity index (χ4n) is 2.47. The van der Waals surface area contributed by atoms with Crippen molar-refractivity contribution in [2.24, 2.45) is 0 Å². The van der Waals surface area contributed by atoms with E-state index in [1.165, 1.54) is 0 Å². The summed E-state index contributed by atoms with van der Waals surface area (Å²) in [6.45, 7) is 6.30. The number of ether oxygens (including phenoxy) is 1. The molecule has 0 radical (unpaired) electrons. The van der Waals surface area contributed by atoms with Crippen LogP contribution in [-0.4, -0.2) is 27.8 Å². The van der Waals surface area contributed by atoms with Crippen molar-refractivity contribution in [2.45, 2.75) is 6.92 Å². The zero-order valence-corrected chi connectivity index (χ0v) is 14.8. The highest BCUT2D eigenvalue weighted by atomic mass is 16.5. The lowest BCUT2D eigenvalue weighted by atomic mass is 10.1. The normalized spacial score (nSPS) is 10.3. The number of aromatic amines is 1. The Kier molecular flexibility index (Phi) is 5.41. The van der Waals surface area contributed by atoms with E-state index in [0.29, 0.717) is 29.4 Å². The Hall–Kier alpha value is -3.74. The van der Waals surface area contributed by atoms with Crippen LogP contribution in [0.25, 0.3) is 17.0 Å². The molecule has 1 aromatic heterocycles. The molecule has 0 saturated carbocycles. The summed E-state index contributed by atoms with van der Waals surface area (Å²) in [5, 5.41) is 16.2. The predicted octanol–water partition coefficient (Wildman–Crippen LogP) is 3.09. The third-order valence-corrected chi connectivity index (χ3v) is 3.83. The van der Waals surface area contributed by atoms with E-state index in [-0.39, 0.29) is 11.7 Å². The van der Waals surface area contributed by atoms with Crippen molar-refractivity contribution in [2.75, 3.05) is 6.61 Å². The van der Waals surface area contributed by atoms with Crippen molar-refractivity contribution < 1.29 is 14.6 Å². The number of phenols is 1. The first-order valence-corrected chi connectivity index (χ1v) is 8.40. The maximum Gasteiger partial charge on any atom is 0.287 e. The molecule has 0 fully saturated rings. The summed E-state index contributed by atoms with van der Waals surface area (Å²) < 4.78 is 5.60. The lowest BCUT2D eigenvalue weighted by Gasteiger charge is -2.10. The van der Waals surface area contributed by atoms with Crippen LogP contribution in [0.1, 0.15) is 23.0 Å². The van der Waals surface area contributed by atoms with Gasteiger partial charge in [-0.05, 0) is 55.0 Å². The fraction of sp³-hybridized carbons (Fsp3) is 0.100. The van der Waals surface area contributed by atoms with E-state index in [1.807, 2.05) is 31.2 Å². The molecule has 0 aliphatic heterocycles. The molecule has 0 unspecified atom stereocenters. The van der Waals surface area contributed by atoms with E-state index in [2.05, 4.69) is 27.6 Å². The van der Waals surface area contributed by atoms with Gasteiger partial charge < -0.3 is 9.84 Å². The largest absolute Gasteiger partial charge is 0.508 e. The number of H-pyrrole nitrogens is 1. The maximum absolute atomic E-state index is 12.3. The second-order valence-electron chi connectivity index (χ2n) is 5.70. The minimum Gasteiger partial charge on any atom is -0.508 e. The summed E-state index contributed by atoms with van der Waals surface area (Å²) in [4.78, 5) is 12.3. The zero-order valence-electron chi connectivity index (χ0n) is 14.8. The molecule has 138 valence electrons. The van der Waals surface area contributed by atoms with Gasteiger partial charge in [0.15, 0.2) is 0 Å². The van der Waals surface area contributed by atoms with Crippen LogP contribution in [0.4, 0.5) is 0 Å². The monoisotopic (exact) mass is 364 g/mol. The summed E-state index contributed by atoms with van der Waals surface area (Å²) in [6.07, 6.45) is 0. The van der Waals surface area contributed by atoms with Gasteiger partial charge in [-0.25, -0.2) is 0 Å². The molecule has 0 spiro atoms. The van der Waals surface area contributed by atoms with Crippen molar-refractivity contribution in [1.82, 2.24) is 21.0 Å². The number of rotatable bonds is 7. The van der Waals surface area contributed by atoms with Crippen molar-refractivity contribution in [1.29, 1.82) is 0 Å². The molecule has 7 nitrogen and oxygen atoms in total. The van der Waals surface area contributed by atoms with Gasteiger partial charge in [-0.15, -0.1) is 0 Å². The Labute approximate surface area is 156 Å². The molecule has 0 bridgehead atoms. The SMILES string of the molecule is C=C(NNC(=O)c1cc(-c2ccccc2OCC)n[nH]1)c1ccc(O)cc1. The van der Waals surface area contributed by atoms with Gasteiger partial charge in [-0.1, -0.05) is 18.7 Å². The smallest absolute Gasteiger partial charge is 0.287 e. The number of hydrazine groups is 1. The van der Waals surface area contributed by atoms with E-state index >= 15 is 0 Å². The number of amides is 1. The molecule has 3 aromatic rings. The first-order valence-electron chi connectivity index (χ1n) is 8.40. The molecule has 0 atom stereocenters. The number of para-hydroxylation sites is 1. The molecule has 1 amide bonds. The molecule has 2 aromatic carbocycles. The molecular weight excluding hydrogens is 344 g/mol. The van der Waals surface area contributed by atoms with Gasteiger partial charge in [0.25, 0.3) is 5.91 Å². The second kappa shape index (κ2) is 8.09. The molecule has 3 rings (SSSR count). The van der Waals surface area contributed by atoms with E-state index < -0.39 is 0 Å². The molecule has 1 heterocycles. The summed E-state index contributed by atoms with van der Waals surface area (Å²) in [5.41, 5.74) is 8.25. The highest BCUT2D eigenvalue weighted by molar-refractivity contribution is 5.93. The third kappa shape index (κ3) is 4.27. The van der Waals surface area contributed by atoms with Gasteiger partial charge in [0.05, 0.1) is 18.0 Å². The van der Waals surface area contributed by atoms with E-state index in [9.17, 15) is 9.90 Å². The molecule has 0 saturated heterocycles. The van der Waals surface area contributed by atoms with Crippen LogP contribution in [0.5, 0.6) is 11.5 Å². The summed E-state index contributed by atoms with van der Waals surface area (Å²) in [5.74, 6) is 0.479. The quantitative estimate of drug-likeness (QED) is 0.483. The topological polar surface area (TPSA) is 99.3 Å². The zero-order chi connectivity index (χ0) is 19.2. The van der Waals surface area contributed by atoms with Crippen LogP contribution in [0.2, 0.25) is 0 Å². The predicted molar refractivity (Wildman–Crippen MR) is 103 cm³/mol. The fourth-order valence-corrected chi connectivity index (χ4v) is 2.47. The Morgan fingerprint density at radius 1 is 1.19 bits per heavy atom. The number of phenolic OH excluding ortho intramolecular Hbond substituents is 1. The Bertz CT molecular complexity index is 948. The van der Waals surface area contributed by atoms with Crippen molar-refractivity contribution in [3.05, 3.63) is 72.4 Å². The minimum atomic E-state index is -0.387. The second-order valence-corrected chi connectivity index (χ2v) is 5.70. The number of aromatic hydroxyl groups is 1. The van der Waals surface area contributed by atoms with Crippen molar-refractivity contribution in [3.8, 4) is 22.8 Å². The summed E-state index contributed by atoms with van der Waals surface area (Å²) in [7, 11) is 0. The van der Waals surface area contributed by atoms with Crippen LogP contribution >= 0.6 is 0 Å². The van der Waals surface area contributed by atoms with Gasteiger partial charge in [0.2, 0.25) is 0 Å². The summed E-state index contributed by atoms with van der Waals surface area (Å²) >= 11 is 0. The number of nitrogens with one attached hydrogen (secondary N) is 3. The lowest BCUT2D eigenvalue weighted by Crippen LogP contribution is -2.36. The number of nitrogens with zero attached hydrogens (tertiary/aromatic N) is 1. The number of aromatic nitrogens is 2. The molecule has 27 heavy (non-hydrogen) atoms. The van der Waals surface area contributed by atoms with Crippen LogP contribution in [0, 0.1) is 0 Å². The third-order valence-electron chi connectivity index (χ3n) is 3.83. The summed E-state index contributed by atoms with van der Waals surface area (Å²) in [6, 6.07) is 15.6. The van der Waals surface area contributed by atoms with Gasteiger partial charge in [-0.2, -0.15) is 5.10 Å². The number of hydrogen-bond donors (Lipinski definition) is 4. The first-order chi connectivity index (χ1) is 13.1. The molecule has 4 N–H and O–H groups in total. The van der Waals surface area contributed by atoms with Gasteiger partial charge in [-0.3, -0.25) is 20.7 Å². The molecule has 0 aliphatic carbocycles. The van der Waals surface area contributed by atoms with Crippen LogP contribution in [0.15, 0.2) is 61.2 Å². The Morgan fingerprint density at radius 3 is 2.67 bits per heavy atom. The minimum absolute atomic E-state index is 0.160. The van der Waals surface area contributed by atoms with Crippen LogP contribution in [-0.2, 0) is 0 Å². The molecule has 7 heteroatoms. The molecule has 0 aliphatic rings. The Balaban J connectivity index is 1.67. The van der Waals surface area contributed by atoms with Gasteiger partial charge >= 0.3 is 0 Å². The first kappa shape index (κ1) is 18.1. The highest BCUT2D eigenvalue weighted by Crippen LogP contribution is 2.28. The van der Waals surface area contributed by atoms with Gasteiger partial charge in [0.1, 0.15) is 17.2 Å². The van der Waals surface area contributed by atoms with Crippen LogP contribution < -0.4 is 15.6 Å². The number of hydrogen-bond acceptors (Lipinski definition) is 5.